The molecule has 53 heavy (non-hydrogen) atoms. The van der Waals surface area contributed by atoms with Crippen molar-refractivity contribution in [1.82, 2.24) is 4.90 Å². The molecule has 6 N–H and O–H groups in total. The monoisotopic (exact) mass is 751 g/mol. The average Bonchev–Trinajstić information content (AvgIpc) is 3.38. The highest BCUT2D eigenvalue weighted by atomic mass is 16.7. The second kappa shape index (κ2) is 12.5. The summed E-state index contributed by atoms with van der Waals surface area (Å²) in [5.74, 6) is -9.73. The van der Waals surface area contributed by atoms with Crippen molar-refractivity contribution in [3.05, 3.63) is 0 Å². The molecule has 3 heterocycles. The Morgan fingerprint density at radius 3 is 2.28 bits per heavy atom. The molecule has 0 aromatic carbocycles. The van der Waals surface area contributed by atoms with Crippen LogP contribution in [0.1, 0.15) is 100 Å². The molecular formula is C39H61NO13. The van der Waals surface area contributed by atoms with E-state index >= 15 is 0 Å². The zero-order chi connectivity index (χ0) is 39.0. The third kappa shape index (κ3) is 5.14. The lowest BCUT2D eigenvalue weighted by molar-refractivity contribution is -0.301. The zero-order valence-corrected chi connectivity index (χ0v) is 32.4. The maximum atomic E-state index is 13.7. The molecule has 14 heteroatoms. The quantitative estimate of drug-likeness (QED) is 0.159. The normalized spacial score (nSPS) is 52.9. The third-order valence-corrected chi connectivity index (χ3v) is 15.7. The van der Waals surface area contributed by atoms with Gasteiger partial charge in [0.25, 0.3) is 0 Å². The number of aliphatic hydroxyl groups excluding tert-OH is 2. The maximum Gasteiger partial charge on any atom is 0.338 e. The number of carbonyl (C=O) groups excluding carboxylic acids is 3. The minimum Gasteiger partial charge on any atom is -0.459 e. The molecule has 14 nitrogen and oxygen atoms in total. The van der Waals surface area contributed by atoms with E-state index in [0.717, 1.165) is 6.42 Å². The topological polar surface area (TPSA) is 213 Å². The first kappa shape index (κ1) is 39.3. The highest BCUT2D eigenvalue weighted by Gasteiger charge is 2.89. The van der Waals surface area contributed by atoms with Crippen LogP contribution < -0.4 is 0 Å². The number of fused-ring (bicyclic) bond motifs is 5. The predicted octanol–water partition coefficient (Wildman–Crippen LogP) is 1.04. The molecule has 7 fully saturated rings. The van der Waals surface area contributed by atoms with Crippen LogP contribution in [-0.4, -0.2) is 131 Å². The van der Waals surface area contributed by atoms with E-state index in [0.29, 0.717) is 31.8 Å². The molecule has 3 saturated heterocycles. The van der Waals surface area contributed by atoms with E-state index in [1.54, 1.807) is 20.8 Å². The Morgan fingerprint density at radius 1 is 0.981 bits per heavy atom. The largest absolute Gasteiger partial charge is 0.459 e. The van der Waals surface area contributed by atoms with Gasteiger partial charge in [0.1, 0.15) is 11.7 Å². The summed E-state index contributed by atoms with van der Waals surface area (Å²) in [6, 6.07) is -0.284. The van der Waals surface area contributed by atoms with Crippen LogP contribution in [-0.2, 0) is 33.3 Å². The minimum atomic E-state index is -2.33. The Bertz CT molecular complexity index is 1500. The first-order valence-electron chi connectivity index (χ1n) is 19.8. The van der Waals surface area contributed by atoms with Crippen LogP contribution in [0.4, 0.5) is 0 Å². The van der Waals surface area contributed by atoms with Crippen molar-refractivity contribution in [3.63, 3.8) is 0 Å². The number of carbonyl (C=O) groups is 3. The van der Waals surface area contributed by atoms with Gasteiger partial charge in [0.05, 0.1) is 41.2 Å². The predicted molar refractivity (Wildman–Crippen MR) is 185 cm³/mol. The molecule has 0 aromatic rings. The number of piperidine rings is 2. The second-order valence-corrected chi connectivity index (χ2v) is 18.7. The van der Waals surface area contributed by atoms with Gasteiger partial charge in [-0.3, -0.25) is 14.5 Å². The molecule has 4 saturated carbocycles. The summed E-state index contributed by atoms with van der Waals surface area (Å²) in [5, 5.41) is 74.7. The van der Waals surface area contributed by atoms with E-state index in [1.807, 2.05) is 13.8 Å². The molecule has 4 bridgehead atoms. The Balaban J connectivity index is 1.40. The van der Waals surface area contributed by atoms with Crippen molar-refractivity contribution in [2.24, 2.45) is 46.8 Å². The van der Waals surface area contributed by atoms with Gasteiger partial charge in [0.15, 0.2) is 17.8 Å². The Labute approximate surface area is 311 Å². The minimum absolute atomic E-state index is 0.0378. The lowest BCUT2D eigenvalue weighted by atomic mass is 9.48. The molecule has 7 aliphatic rings. The number of nitrogens with zero attached hydrogens (tertiary/aromatic N) is 1. The molecule has 19 unspecified atom stereocenters. The Kier molecular flexibility index (Phi) is 9.31. The molecule has 7 rings (SSSR count). The smallest absolute Gasteiger partial charge is 0.338 e. The summed E-state index contributed by atoms with van der Waals surface area (Å²) < 4.78 is 24.8. The van der Waals surface area contributed by atoms with Crippen LogP contribution in [0.5, 0.6) is 0 Å². The van der Waals surface area contributed by atoms with Crippen molar-refractivity contribution in [3.8, 4) is 0 Å². The number of hydrogen-bond acceptors (Lipinski definition) is 14. The van der Waals surface area contributed by atoms with Gasteiger partial charge in [-0.1, -0.05) is 34.6 Å². The lowest BCUT2D eigenvalue weighted by Gasteiger charge is -2.64. The van der Waals surface area contributed by atoms with Crippen molar-refractivity contribution in [2.75, 3.05) is 13.1 Å². The Hall–Kier alpha value is -1.91. The summed E-state index contributed by atoms with van der Waals surface area (Å²) in [6.45, 7) is 14.4. The van der Waals surface area contributed by atoms with Crippen LogP contribution in [0, 0.1) is 46.8 Å². The highest BCUT2D eigenvalue weighted by Crippen LogP contribution is 2.77. The molecule has 19 atom stereocenters. The van der Waals surface area contributed by atoms with Crippen molar-refractivity contribution >= 4 is 17.9 Å². The van der Waals surface area contributed by atoms with E-state index in [1.165, 1.54) is 13.8 Å². The average molecular weight is 752 g/mol. The Morgan fingerprint density at radius 2 is 1.66 bits per heavy atom. The number of rotatable bonds is 7. The van der Waals surface area contributed by atoms with Gasteiger partial charge in [-0.2, -0.15) is 0 Å². The molecule has 4 aliphatic carbocycles. The van der Waals surface area contributed by atoms with E-state index in [4.69, 9.17) is 18.9 Å². The van der Waals surface area contributed by atoms with Gasteiger partial charge < -0.3 is 49.6 Å². The SMILES string of the molecule is CCC(C)C(=O)OC1C(O)C2C(CN3CC(C)CCC3C2(C)O)C2CC34OC5(O)C(OC(=O)C(C)(O)CC)CCC3(C)C5C(OC(C)=O)C(O)C4C21O. The van der Waals surface area contributed by atoms with Gasteiger partial charge in [-0.15, -0.1) is 0 Å². The van der Waals surface area contributed by atoms with Crippen molar-refractivity contribution < 1.29 is 64.0 Å². The van der Waals surface area contributed by atoms with E-state index < -0.39 is 118 Å². The van der Waals surface area contributed by atoms with Gasteiger partial charge in [0, 0.05) is 37.4 Å². The standard InChI is InChI=1S/C39H61NO13/c1-9-19(4)32(44)52-31-26(42)25-21(17-40-16-18(3)11-12-23(40)36(25,8)47)22-15-37-29(38(22,31)48)27(43)28(50-20(5)41)30-34(37,6)14-13-24(39(30,49)53-37)51-33(45)35(7,46)10-2/h18-19,21-31,42-43,46-49H,9-17H2,1-8H3. The third-order valence-electron chi connectivity index (χ3n) is 15.7. The second-order valence-electron chi connectivity index (χ2n) is 18.7. The van der Waals surface area contributed by atoms with Gasteiger partial charge in [-0.25, -0.2) is 4.79 Å². The van der Waals surface area contributed by atoms with Crippen LogP contribution in [0.2, 0.25) is 0 Å². The number of aliphatic hydroxyl groups is 6. The van der Waals surface area contributed by atoms with E-state index in [2.05, 4.69) is 11.8 Å². The van der Waals surface area contributed by atoms with Crippen molar-refractivity contribution in [2.45, 2.75) is 165 Å². The fourth-order valence-electron chi connectivity index (χ4n) is 12.8. The molecule has 0 amide bonds. The summed E-state index contributed by atoms with van der Waals surface area (Å²) in [5.41, 5.74) is -8.19. The lowest BCUT2D eigenvalue weighted by Crippen LogP contribution is -2.78. The summed E-state index contributed by atoms with van der Waals surface area (Å²) in [6.07, 6.45) is -5.24. The fraction of sp³-hybridized carbons (Fsp3) is 0.923. The zero-order valence-electron chi connectivity index (χ0n) is 32.4. The van der Waals surface area contributed by atoms with Gasteiger partial charge in [0.2, 0.25) is 5.79 Å². The molecule has 0 radical (unpaired) electrons. The van der Waals surface area contributed by atoms with E-state index in [9.17, 15) is 45.0 Å². The van der Waals surface area contributed by atoms with Crippen molar-refractivity contribution in [1.29, 1.82) is 0 Å². The van der Waals surface area contributed by atoms with E-state index in [-0.39, 0.29) is 31.7 Å². The summed E-state index contributed by atoms with van der Waals surface area (Å²) >= 11 is 0. The maximum absolute atomic E-state index is 13.7. The van der Waals surface area contributed by atoms with Crippen LogP contribution >= 0.6 is 0 Å². The first-order valence-corrected chi connectivity index (χ1v) is 19.8. The molecular weight excluding hydrogens is 690 g/mol. The molecule has 0 aromatic heterocycles. The number of ether oxygens (including phenoxy) is 4. The molecule has 3 aliphatic heterocycles. The molecule has 300 valence electrons. The number of esters is 3. The molecule has 1 spiro atoms. The fourth-order valence-corrected chi connectivity index (χ4v) is 12.8. The van der Waals surface area contributed by atoms with Crippen LogP contribution in [0.15, 0.2) is 0 Å². The van der Waals surface area contributed by atoms with Gasteiger partial charge >= 0.3 is 17.9 Å². The number of hydrogen-bond donors (Lipinski definition) is 6. The van der Waals surface area contributed by atoms with Gasteiger partial charge in [-0.05, 0) is 76.5 Å². The van der Waals surface area contributed by atoms with Crippen LogP contribution in [0.25, 0.3) is 0 Å². The summed E-state index contributed by atoms with van der Waals surface area (Å²) in [4.78, 5) is 41.9. The van der Waals surface area contributed by atoms with Crippen LogP contribution in [0.3, 0.4) is 0 Å². The summed E-state index contributed by atoms with van der Waals surface area (Å²) in [7, 11) is 0. The highest BCUT2D eigenvalue weighted by molar-refractivity contribution is 5.79. The first-order chi connectivity index (χ1) is 24.6.